The predicted octanol–water partition coefficient (Wildman–Crippen LogP) is 0.00514. The lowest BCUT2D eigenvalue weighted by molar-refractivity contribution is 0.143. The van der Waals surface area contributed by atoms with Crippen molar-refractivity contribution in [1.29, 1.82) is 0 Å². The Bertz CT molecular complexity index is 308. The SMILES string of the molecule is Cc1cc(C)n([C@@H]2CNC[C@H]2O)n1. The molecule has 0 amide bonds. The lowest BCUT2D eigenvalue weighted by atomic mass is 10.2. The first-order valence-electron chi connectivity index (χ1n) is 4.60. The molecule has 1 aromatic rings. The molecule has 4 heteroatoms. The summed E-state index contributed by atoms with van der Waals surface area (Å²) in [6.07, 6.45) is -0.307. The van der Waals surface area contributed by atoms with Crippen LogP contribution in [0.1, 0.15) is 17.4 Å². The second kappa shape index (κ2) is 3.12. The van der Waals surface area contributed by atoms with E-state index < -0.39 is 0 Å². The van der Waals surface area contributed by atoms with Gasteiger partial charge in [-0.1, -0.05) is 0 Å². The van der Waals surface area contributed by atoms with E-state index in [1.165, 1.54) is 0 Å². The van der Waals surface area contributed by atoms with E-state index in [1.54, 1.807) is 0 Å². The number of aromatic nitrogens is 2. The van der Waals surface area contributed by atoms with Crippen LogP contribution in [0.4, 0.5) is 0 Å². The van der Waals surface area contributed by atoms with Crippen molar-refractivity contribution in [3.05, 3.63) is 17.5 Å². The van der Waals surface area contributed by atoms with Crippen molar-refractivity contribution in [2.24, 2.45) is 0 Å². The van der Waals surface area contributed by atoms with Gasteiger partial charge in [0.25, 0.3) is 0 Å². The lowest BCUT2D eigenvalue weighted by Gasteiger charge is -2.15. The van der Waals surface area contributed by atoms with Crippen molar-refractivity contribution in [1.82, 2.24) is 15.1 Å². The molecule has 0 radical (unpaired) electrons. The van der Waals surface area contributed by atoms with Crippen molar-refractivity contribution < 1.29 is 5.11 Å². The summed E-state index contributed by atoms with van der Waals surface area (Å²) in [6, 6.07) is 2.14. The van der Waals surface area contributed by atoms with Crippen molar-refractivity contribution in [2.75, 3.05) is 13.1 Å². The van der Waals surface area contributed by atoms with Gasteiger partial charge in [0, 0.05) is 18.8 Å². The van der Waals surface area contributed by atoms with Gasteiger partial charge in [-0.05, 0) is 19.9 Å². The fourth-order valence-corrected chi connectivity index (χ4v) is 1.88. The highest BCUT2D eigenvalue weighted by Gasteiger charge is 2.27. The Labute approximate surface area is 77.6 Å². The molecule has 1 aliphatic heterocycles. The highest BCUT2D eigenvalue weighted by Crippen LogP contribution is 2.17. The highest BCUT2D eigenvalue weighted by atomic mass is 16.3. The third-order valence-electron chi connectivity index (χ3n) is 2.51. The number of hydrogen-bond donors (Lipinski definition) is 2. The number of nitrogens with zero attached hydrogens (tertiary/aromatic N) is 2. The van der Waals surface area contributed by atoms with Gasteiger partial charge in [0.15, 0.2) is 0 Å². The fourth-order valence-electron chi connectivity index (χ4n) is 1.88. The normalized spacial score (nSPS) is 28.2. The number of rotatable bonds is 1. The minimum absolute atomic E-state index is 0.105. The van der Waals surface area contributed by atoms with Crippen LogP contribution in [0.5, 0.6) is 0 Å². The van der Waals surface area contributed by atoms with Crippen LogP contribution >= 0.6 is 0 Å². The van der Waals surface area contributed by atoms with Crippen LogP contribution in [-0.4, -0.2) is 34.1 Å². The summed E-state index contributed by atoms with van der Waals surface area (Å²) in [5, 5.41) is 17.2. The molecule has 0 spiro atoms. The van der Waals surface area contributed by atoms with Crippen molar-refractivity contribution in [2.45, 2.75) is 26.0 Å². The monoisotopic (exact) mass is 181 g/mol. The van der Waals surface area contributed by atoms with Gasteiger partial charge in [-0.2, -0.15) is 5.10 Å². The molecule has 1 aromatic heterocycles. The molecular weight excluding hydrogens is 166 g/mol. The third-order valence-corrected chi connectivity index (χ3v) is 2.51. The maximum Gasteiger partial charge on any atom is 0.0917 e. The minimum atomic E-state index is -0.307. The van der Waals surface area contributed by atoms with Gasteiger partial charge in [0.2, 0.25) is 0 Å². The van der Waals surface area contributed by atoms with E-state index in [0.29, 0.717) is 6.54 Å². The number of aliphatic hydroxyl groups excluding tert-OH is 1. The molecule has 72 valence electrons. The molecule has 2 atom stereocenters. The van der Waals surface area contributed by atoms with Crippen molar-refractivity contribution >= 4 is 0 Å². The van der Waals surface area contributed by atoms with Crippen LogP contribution in [-0.2, 0) is 0 Å². The molecule has 0 saturated carbocycles. The zero-order chi connectivity index (χ0) is 9.42. The average Bonchev–Trinajstić information content (AvgIpc) is 2.58. The van der Waals surface area contributed by atoms with E-state index >= 15 is 0 Å². The molecule has 0 unspecified atom stereocenters. The van der Waals surface area contributed by atoms with Crippen molar-refractivity contribution in [3.8, 4) is 0 Å². The van der Waals surface area contributed by atoms with E-state index in [4.69, 9.17) is 0 Å². The van der Waals surface area contributed by atoms with E-state index in [2.05, 4.69) is 10.4 Å². The molecule has 1 saturated heterocycles. The second-order valence-electron chi connectivity index (χ2n) is 3.66. The summed E-state index contributed by atoms with van der Waals surface area (Å²) in [6.45, 7) is 5.47. The van der Waals surface area contributed by atoms with E-state index in [0.717, 1.165) is 17.9 Å². The van der Waals surface area contributed by atoms with Crippen LogP contribution in [0, 0.1) is 13.8 Å². The number of nitrogens with one attached hydrogen (secondary N) is 1. The quantitative estimate of drug-likeness (QED) is 0.641. The summed E-state index contributed by atoms with van der Waals surface area (Å²) in [4.78, 5) is 0. The zero-order valence-electron chi connectivity index (χ0n) is 7.99. The van der Waals surface area contributed by atoms with Gasteiger partial charge in [-0.25, -0.2) is 0 Å². The Balaban J connectivity index is 2.28. The Morgan fingerprint density at radius 2 is 2.31 bits per heavy atom. The Kier molecular flexibility index (Phi) is 2.09. The first-order valence-corrected chi connectivity index (χ1v) is 4.60. The first-order chi connectivity index (χ1) is 6.18. The second-order valence-corrected chi connectivity index (χ2v) is 3.66. The molecule has 13 heavy (non-hydrogen) atoms. The van der Waals surface area contributed by atoms with Gasteiger partial charge >= 0.3 is 0 Å². The van der Waals surface area contributed by atoms with Crippen LogP contribution in [0.25, 0.3) is 0 Å². The molecule has 1 aliphatic rings. The number of aryl methyl sites for hydroxylation is 2. The predicted molar refractivity (Wildman–Crippen MR) is 49.6 cm³/mol. The minimum Gasteiger partial charge on any atom is -0.390 e. The molecule has 0 bridgehead atoms. The van der Waals surface area contributed by atoms with Crippen molar-refractivity contribution in [3.63, 3.8) is 0 Å². The summed E-state index contributed by atoms with van der Waals surface area (Å²) >= 11 is 0. The summed E-state index contributed by atoms with van der Waals surface area (Å²) in [5.41, 5.74) is 2.13. The lowest BCUT2D eigenvalue weighted by Crippen LogP contribution is -2.23. The van der Waals surface area contributed by atoms with Gasteiger partial charge in [0.05, 0.1) is 17.8 Å². The molecule has 2 rings (SSSR count). The first kappa shape index (κ1) is 8.72. The molecule has 0 aromatic carbocycles. The summed E-state index contributed by atoms with van der Waals surface area (Å²) < 4.78 is 1.92. The summed E-state index contributed by atoms with van der Waals surface area (Å²) in [5.74, 6) is 0. The Hall–Kier alpha value is -0.870. The fraction of sp³-hybridized carbons (Fsp3) is 0.667. The largest absolute Gasteiger partial charge is 0.390 e. The van der Waals surface area contributed by atoms with Gasteiger partial charge < -0.3 is 10.4 Å². The molecule has 0 aliphatic carbocycles. The molecule has 2 N–H and O–H groups in total. The maximum absolute atomic E-state index is 9.65. The van der Waals surface area contributed by atoms with Crippen LogP contribution < -0.4 is 5.32 Å². The highest BCUT2D eigenvalue weighted by molar-refractivity contribution is 5.09. The van der Waals surface area contributed by atoms with Crippen LogP contribution in [0.3, 0.4) is 0 Å². The Morgan fingerprint density at radius 1 is 1.54 bits per heavy atom. The molecular formula is C9H15N3O. The van der Waals surface area contributed by atoms with Gasteiger partial charge in [0.1, 0.15) is 0 Å². The average molecular weight is 181 g/mol. The maximum atomic E-state index is 9.65. The zero-order valence-corrected chi connectivity index (χ0v) is 7.99. The standard InChI is InChI=1S/C9H15N3O/c1-6-3-7(2)12(11-6)8-4-10-5-9(8)13/h3,8-10,13H,4-5H2,1-2H3/t8-,9-/m1/s1. The Morgan fingerprint density at radius 3 is 2.77 bits per heavy atom. The molecule has 2 heterocycles. The molecule has 4 nitrogen and oxygen atoms in total. The van der Waals surface area contributed by atoms with Gasteiger partial charge in [-0.15, -0.1) is 0 Å². The third kappa shape index (κ3) is 1.47. The van der Waals surface area contributed by atoms with E-state index in [1.807, 2.05) is 24.6 Å². The van der Waals surface area contributed by atoms with E-state index in [9.17, 15) is 5.11 Å². The number of β-amino-alcohol motifs (C(OH)–C–C–N with tert-alkyl or cyclic N) is 1. The number of hydrogen-bond acceptors (Lipinski definition) is 3. The number of aliphatic hydroxyl groups is 1. The van der Waals surface area contributed by atoms with E-state index in [-0.39, 0.29) is 12.1 Å². The van der Waals surface area contributed by atoms with Gasteiger partial charge in [-0.3, -0.25) is 4.68 Å². The van der Waals surface area contributed by atoms with Crippen LogP contribution in [0.2, 0.25) is 0 Å². The topological polar surface area (TPSA) is 50.1 Å². The molecule has 1 fully saturated rings. The van der Waals surface area contributed by atoms with Crippen LogP contribution in [0.15, 0.2) is 6.07 Å². The smallest absolute Gasteiger partial charge is 0.0917 e. The summed E-state index contributed by atoms with van der Waals surface area (Å²) in [7, 11) is 0.